The van der Waals surface area contributed by atoms with E-state index in [1.807, 2.05) is 12.1 Å². The van der Waals surface area contributed by atoms with Crippen molar-refractivity contribution < 1.29 is 0 Å². The van der Waals surface area contributed by atoms with E-state index in [4.69, 9.17) is 5.73 Å². The van der Waals surface area contributed by atoms with Gasteiger partial charge in [-0.15, -0.1) is 0 Å². The van der Waals surface area contributed by atoms with Gasteiger partial charge in [0.25, 0.3) is 0 Å². The minimum Gasteiger partial charge on any atom is -0.372 e. The van der Waals surface area contributed by atoms with Gasteiger partial charge in [-0.3, -0.25) is 0 Å². The molecule has 0 radical (unpaired) electrons. The zero-order valence-electron chi connectivity index (χ0n) is 15.2. The number of hydrogen-bond donors (Lipinski definition) is 2. The Hall–Kier alpha value is -2.49. The molecule has 3 N–H and O–H groups in total. The van der Waals surface area contributed by atoms with Crippen molar-refractivity contribution in [3.63, 3.8) is 0 Å². The number of nitrogens with two attached hydrogens (primary N) is 1. The van der Waals surface area contributed by atoms with Crippen molar-refractivity contribution in [2.45, 2.75) is 33.2 Å². The third-order valence-corrected chi connectivity index (χ3v) is 4.84. The number of benzene rings is 2. The van der Waals surface area contributed by atoms with Crippen LogP contribution in [0, 0.1) is 12.8 Å². The minimum atomic E-state index is 0.443. The maximum Gasteiger partial charge on any atom is 0.193 e. The number of nitrogens with one attached hydrogen (secondary N) is 1. The van der Waals surface area contributed by atoms with Crippen molar-refractivity contribution in [1.82, 2.24) is 0 Å². The van der Waals surface area contributed by atoms with Gasteiger partial charge in [0.1, 0.15) is 0 Å². The average molecular weight is 336 g/mol. The zero-order valence-corrected chi connectivity index (χ0v) is 15.2. The topological polar surface area (TPSA) is 53.6 Å². The molecule has 0 unspecified atom stereocenters. The van der Waals surface area contributed by atoms with Gasteiger partial charge in [0.15, 0.2) is 5.96 Å². The molecule has 0 saturated carbocycles. The quantitative estimate of drug-likeness (QED) is 0.651. The number of guanidine groups is 1. The highest BCUT2D eigenvalue weighted by atomic mass is 15.1. The van der Waals surface area contributed by atoms with Gasteiger partial charge < -0.3 is 16.0 Å². The van der Waals surface area contributed by atoms with Gasteiger partial charge in [-0.2, -0.15) is 0 Å². The lowest BCUT2D eigenvalue weighted by molar-refractivity contribution is 0.438. The molecular weight excluding hydrogens is 308 g/mol. The molecule has 1 aliphatic heterocycles. The van der Waals surface area contributed by atoms with Gasteiger partial charge in [0.05, 0.1) is 6.54 Å². The maximum atomic E-state index is 5.98. The fourth-order valence-electron chi connectivity index (χ4n) is 3.08. The first-order valence-corrected chi connectivity index (χ1v) is 9.07. The number of aliphatic imine (C=N–C) groups is 1. The molecule has 0 bridgehead atoms. The summed E-state index contributed by atoms with van der Waals surface area (Å²) in [5, 5.41) is 3.13. The Morgan fingerprint density at radius 3 is 2.36 bits per heavy atom. The molecule has 2 aromatic carbocycles. The summed E-state index contributed by atoms with van der Waals surface area (Å²) in [6.45, 7) is 7.31. The van der Waals surface area contributed by atoms with E-state index in [1.165, 1.54) is 29.7 Å². The second kappa shape index (κ2) is 8.06. The standard InChI is InChI=1S/C21H28N4/c1-16-3-7-19(8-4-16)24-21(22)23-15-18-5-9-20(10-6-18)25-13-11-17(2)12-14-25/h3-10,17H,11-15H2,1-2H3,(H3,22,23,24). The van der Waals surface area contributed by atoms with Crippen LogP contribution in [-0.4, -0.2) is 19.0 Å². The first-order valence-electron chi connectivity index (χ1n) is 9.07. The number of anilines is 2. The third kappa shape index (κ3) is 4.99. The van der Waals surface area contributed by atoms with E-state index >= 15 is 0 Å². The molecule has 1 fully saturated rings. The van der Waals surface area contributed by atoms with E-state index in [0.717, 1.165) is 24.7 Å². The van der Waals surface area contributed by atoms with Crippen molar-refractivity contribution in [1.29, 1.82) is 0 Å². The fraction of sp³-hybridized carbons (Fsp3) is 0.381. The number of aryl methyl sites for hydroxylation is 1. The summed E-state index contributed by atoms with van der Waals surface area (Å²) in [5.41, 5.74) is 10.6. The summed E-state index contributed by atoms with van der Waals surface area (Å²) >= 11 is 0. The Balaban J connectivity index is 1.54. The summed E-state index contributed by atoms with van der Waals surface area (Å²) in [6.07, 6.45) is 2.57. The summed E-state index contributed by atoms with van der Waals surface area (Å²) in [6, 6.07) is 16.8. The van der Waals surface area contributed by atoms with Crippen LogP contribution in [-0.2, 0) is 6.54 Å². The van der Waals surface area contributed by atoms with Gasteiger partial charge in [0.2, 0.25) is 0 Å². The SMILES string of the molecule is Cc1ccc(NC(N)=NCc2ccc(N3CCC(C)CC3)cc2)cc1. The van der Waals surface area contributed by atoms with Crippen LogP contribution in [0.5, 0.6) is 0 Å². The normalized spacial score (nSPS) is 16.1. The number of rotatable bonds is 4. The summed E-state index contributed by atoms with van der Waals surface area (Å²) in [5.74, 6) is 1.30. The molecule has 1 heterocycles. The lowest BCUT2D eigenvalue weighted by Crippen LogP contribution is -2.32. The van der Waals surface area contributed by atoms with E-state index in [2.05, 4.69) is 65.5 Å². The van der Waals surface area contributed by atoms with Crippen LogP contribution in [0.3, 0.4) is 0 Å². The Morgan fingerprint density at radius 1 is 1.08 bits per heavy atom. The first-order chi connectivity index (χ1) is 12.1. The van der Waals surface area contributed by atoms with E-state index in [0.29, 0.717) is 12.5 Å². The maximum absolute atomic E-state index is 5.98. The number of nitrogens with zero attached hydrogens (tertiary/aromatic N) is 2. The molecule has 0 aromatic heterocycles. The molecule has 4 heteroatoms. The highest BCUT2D eigenvalue weighted by Gasteiger charge is 2.15. The Kier molecular flexibility index (Phi) is 5.59. The summed E-state index contributed by atoms with van der Waals surface area (Å²) < 4.78 is 0. The lowest BCUT2D eigenvalue weighted by Gasteiger charge is -2.32. The molecular formula is C21H28N4. The van der Waals surface area contributed by atoms with Gasteiger partial charge in [0, 0.05) is 24.5 Å². The highest BCUT2D eigenvalue weighted by molar-refractivity contribution is 5.92. The molecule has 4 nitrogen and oxygen atoms in total. The van der Waals surface area contributed by atoms with Crippen LogP contribution >= 0.6 is 0 Å². The van der Waals surface area contributed by atoms with E-state index < -0.39 is 0 Å². The Bertz CT molecular complexity index is 696. The lowest BCUT2D eigenvalue weighted by atomic mass is 9.99. The molecule has 1 aliphatic rings. The second-order valence-electron chi connectivity index (χ2n) is 7.03. The number of hydrogen-bond acceptors (Lipinski definition) is 2. The predicted octanol–water partition coefficient (Wildman–Crippen LogP) is 4.16. The van der Waals surface area contributed by atoms with Crippen LogP contribution in [0.1, 0.15) is 30.9 Å². The molecule has 1 saturated heterocycles. The van der Waals surface area contributed by atoms with Crippen LogP contribution in [0.4, 0.5) is 11.4 Å². The van der Waals surface area contributed by atoms with Gasteiger partial charge >= 0.3 is 0 Å². The zero-order chi connectivity index (χ0) is 17.6. The highest BCUT2D eigenvalue weighted by Crippen LogP contribution is 2.23. The Labute approximate surface area is 150 Å². The molecule has 0 atom stereocenters. The summed E-state index contributed by atoms with van der Waals surface area (Å²) in [4.78, 5) is 6.91. The monoisotopic (exact) mass is 336 g/mol. The molecule has 2 aromatic rings. The van der Waals surface area contributed by atoms with Gasteiger partial charge in [-0.1, -0.05) is 36.8 Å². The van der Waals surface area contributed by atoms with Crippen molar-refractivity contribution in [2.24, 2.45) is 16.6 Å². The third-order valence-electron chi connectivity index (χ3n) is 4.84. The van der Waals surface area contributed by atoms with Gasteiger partial charge in [-0.25, -0.2) is 4.99 Å². The molecule has 132 valence electrons. The summed E-state index contributed by atoms with van der Waals surface area (Å²) in [7, 11) is 0. The predicted molar refractivity (Wildman–Crippen MR) is 107 cm³/mol. The van der Waals surface area contributed by atoms with Crippen LogP contribution in [0.2, 0.25) is 0 Å². The van der Waals surface area contributed by atoms with Crippen molar-refractivity contribution >= 4 is 17.3 Å². The average Bonchev–Trinajstić information content (AvgIpc) is 2.63. The Morgan fingerprint density at radius 2 is 1.72 bits per heavy atom. The van der Waals surface area contributed by atoms with Crippen molar-refractivity contribution in [3.8, 4) is 0 Å². The van der Waals surface area contributed by atoms with Crippen molar-refractivity contribution in [2.75, 3.05) is 23.3 Å². The molecule has 0 amide bonds. The van der Waals surface area contributed by atoms with Crippen LogP contribution in [0.25, 0.3) is 0 Å². The van der Waals surface area contributed by atoms with E-state index in [-0.39, 0.29) is 0 Å². The van der Waals surface area contributed by atoms with E-state index in [1.54, 1.807) is 0 Å². The molecule has 0 aliphatic carbocycles. The largest absolute Gasteiger partial charge is 0.372 e. The van der Waals surface area contributed by atoms with Crippen LogP contribution in [0.15, 0.2) is 53.5 Å². The fourth-order valence-corrected chi connectivity index (χ4v) is 3.08. The molecule has 3 rings (SSSR count). The van der Waals surface area contributed by atoms with Crippen LogP contribution < -0.4 is 16.0 Å². The number of piperidine rings is 1. The first kappa shape index (κ1) is 17.3. The van der Waals surface area contributed by atoms with Crippen molar-refractivity contribution in [3.05, 3.63) is 59.7 Å². The van der Waals surface area contributed by atoms with Gasteiger partial charge in [-0.05, 0) is 55.5 Å². The minimum absolute atomic E-state index is 0.443. The second-order valence-corrected chi connectivity index (χ2v) is 7.03. The molecule has 0 spiro atoms. The molecule has 25 heavy (non-hydrogen) atoms. The van der Waals surface area contributed by atoms with E-state index in [9.17, 15) is 0 Å². The smallest absolute Gasteiger partial charge is 0.193 e.